The van der Waals surface area contributed by atoms with Crippen molar-refractivity contribution in [3.05, 3.63) is 95.4 Å². The number of amides is 1. The maximum Gasteiger partial charge on any atom is 0.257 e. The van der Waals surface area contributed by atoms with Gasteiger partial charge >= 0.3 is 0 Å². The molecule has 0 saturated carbocycles. The van der Waals surface area contributed by atoms with Crippen molar-refractivity contribution in [3.63, 3.8) is 0 Å². The van der Waals surface area contributed by atoms with E-state index in [1.807, 2.05) is 18.2 Å². The Morgan fingerprint density at radius 3 is 2.35 bits per heavy atom. The smallest absolute Gasteiger partial charge is 0.257 e. The molecule has 4 aromatic rings. The van der Waals surface area contributed by atoms with E-state index in [2.05, 4.69) is 9.88 Å². The van der Waals surface area contributed by atoms with Crippen molar-refractivity contribution in [1.29, 1.82) is 0 Å². The van der Waals surface area contributed by atoms with Crippen LogP contribution in [-0.2, 0) is 22.1 Å². The number of pyridine rings is 1. The van der Waals surface area contributed by atoms with Gasteiger partial charge in [0.05, 0.1) is 35.9 Å². The molecule has 40 heavy (non-hydrogen) atoms. The van der Waals surface area contributed by atoms with Crippen molar-refractivity contribution in [2.24, 2.45) is 0 Å². The van der Waals surface area contributed by atoms with Crippen LogP contribution in [0.1, 0.15) is 21.5 Å². The number of methoxy groups -OCH3 is 2. The van der Waals surface area contributed by atoms with E-state index in [4.69, 9.17) is 9.47 Å². The molecule has 10 heteroatoms. The van der Waals surface area contributed by atoms with E-state index >= 15 is 0 Å². The zero-order chi connectivity index (χ0) is 28.3. The van der Waals surface area contributed by atoms with Gasteiger partial charge in [-0.1, -0.05) is 30.3 Å². The van der Waals surface area contributed by atoms with Crippen molar-refractivity contribution < 1.29 is 27.1 Å². The van der Waals surface area contributed by atoms with Gasteiger partial charge in [0.15, 0.2) is 21.4 Å². The molecule has 0 N–H and O–H groups in total. The van der Waals surface area contributed by atoms with Gasteiger partial charge in [-0.15, -0.1) is 0 Å². The number of benzene rings is 3. The van der Waals surface area contributed by atoms with Crippen LogP contribution in [0.15, 0.2) is 77.8 Å². The summed E-state index contributed by atoms with van der Waals surface area (Å²) in [7, 11) is -0.810. The van der Waals surface area contributed by atoms with Gasteiger partial charge in [-0.2, -0.15) is 0 Å². The Kier molecular flexibility index (Phi) is 7.99. The highest BCUT2D eigenvalue weighted by Gasteiger charge is 2.26. The predicted molar refractivity (Wildman–Crippen MR) is 150 cm³/mol. The lowest BCUT2D eigenvalue weighted by Crippen LogP contribution is -2.48. The van der Waals surface area contributed by atoms with Crippen molar-refractivity contribution in [2.75, 3.05) is 40.4 Å². The normalized spacial score (nSPS) is 14.3. The van der Waals surface area contributed by atoms with Crippen LogP contribution < -0.4 is 9.47 Å². The third-order valence-electron chi connectivity index (χ3n) is 7.07. The van der Waals surface area contributed by atoms with Crippen LogP contribution in [0, 0.1) is 5.82 Å². The van der Waals surface area contributed by atoms with Crippen LogP contribution >= 0.6 is 0 Å². The number of carbonyl (C=O) groups is 1. The van der Waals surface area contributed by atoms with Crippen LogP contribution in [-0.4, -0.2) is 69.5 Å². The molecule has 0 aliphatic carbocycles. The molecular formula is C30H30FN3O5S. The fourth-order valence-corrected chi connectivity index (χ4v) is 6.50. The summed E-state index contributed by atoms with van der Waals surface area (Å²) >= 11 is 0. The fourth-order valence-electron chi connectivity index (χ4n) is 4.97. The highest BCUT2D eigenvalue weighted by Crippen LogP contribution is 2.28. The minimum absolute atomic E-state index is 0.167. The maximum atomic E-state index is 14.1. The van der Waals surface area contributed by atoms with Crippen molar-refractivity contribution >= 4 is 26.6 Å². The Hall–Kier alpha value is -4.02. The standard InChI is InChI=1S/C30H30FN3O5S/c1-38-26-11-9-21(17-25(26)31)19-33-13-15-34(16-14-33)30(35)24-10-8-22(18-27(24)39-2)20-40(36,37)28-7-3-5-23-6-4-12-32-29(23)28/h3-12,17-18H,13-16,19-20H2,1-2H3. The summed E-state index contributed by atoms with van der Waals surface area (Å²) in [5, 5.41) is 0.748. The molecule has 1 aliphatic rings. The molecule has 1 amide bonds. The lowest BCUT2D eigenvalue weighted by Gasteiger charge is -2.35. The van der Waals surface area contributed by atoms with E-state index in [9.17, 15) is 17.6 Å². The van der Waals surface area contributed by atoms with E-state index in [-0.39, 0.29) is 22.3 Å². The van der Waals surface area contributed by atoms with E-state index < -0.39 is 15.7 Å². The largest absolute Gasteiger partial charge is 0.496 e. The second-order valence-electron chi connectivity index (χ2n) is 9.66. The number of halogens is 1. The van der Waals surface area contributed by atoms with Gasteiger partial charge in [-0.05, 0) is 47.5 Å². The maximum absolute atomic E-state index is 14.1. The summed E-state index contributed by atoms with van der Waals surface area (Å²) in [5.41, 5.74) is 2.16. The highest BCUT2D eigenvalue weighted by atomic mass is 32.2. The van der Waals surface area contributed by atoms with Crippen LogP contribution in [0.2, 0.25) is 0 Å². The number of piperazine rings is 1. The minimum Gasteiger partial charge on any atom is -0.496 e. The van der Waals surface area contributed by atoms with Crippen molar-refractivity contribution in [1.82, 2.24) is 14.8 Å². The van der Waals surface area contributed by atoms with E-state index in [0.29, 0.717) is 55.1 Å². The minimum atomic E-state index is -3.71. The number of ether oxygens (including phenoxy) is 2. The number of nitrogens with zero attached hydrogens (tertiary/aromatic N) is 3. The quantitative estimate of drug-likeness (QED) is 0.315. The number of para-hydroxylation sites is 1. The number of hydrogen-bond donors (Lipinski definition) is 0. The molecule has 0 spiro atoms. The predicted octanol–water partition coefficient (Wildman–Crippen LogP) is 4.32. The molecule has 1 aliphatic heterocycles. The Morgan fingerprint density at radius 1 is 0.900 bits per heavy atom. The molecule has 1 fully saturated rings. The molecular weight excluding hydrogens is 533 g/mol. The summed E-state index contributed by atoms with van der Waals surface area (Å²) in [5.74, 6) is -0.296. The molecule has 0 atom stereocenters. The first-order valence-electron chi connectivity index (χ1n) is 12.9. The second-order valence-corrected chi connectivity index (χ2v) is 11.6. The molecule has 0 radical (unpaired) electrons. The van der Waals surface area contributed by atoms with Crippen LogP contribution in [0.25, 0.3) is 10.9 Å². The number of hydrogen-bond acceptors (Lipinski definition) is 7. The molecule has 1 saturated heterocycles. The Labute approximate surface area is 232 Å². The molecule has 0 unspecified atom stereocenters. The van der Waals surface area contributed by atoms with E-state index in [0.717, 1.165) is 10.9 Å². The average molecular weight is 564 g/mol. The van der Waals surface area contributed by atoms with Gasteiger partial charge in [-0.25, -0.2) is 12.8 Å². The number of rotatable bonds is 8. The van der Waals surface area contributed by atoms with Crippen LogP contribution in [0.4, 0.5) is 4.39 Å². The van der Waals surface area contributed by atoms with E-state index in [1.165, 1.54) is 20.3 Å². The van der Waals surface area contributed by atoms with Gasteiger partial charge < -0.3 is 14.4 Å². The molecule has 2 heterocycles. The Bertz CT molecular complexity index is 1650. The topological polar surface area (TPSA) is 89.0 Å². The third kappa shape index (κ3) is 5.78. The molecule has 3 aromatic carbocycles. The first-order valence-corrected chi connectivity index (χ1v) is 14.5. The summed E-state index contributed by atoms with van der Waals surface area (Å²) in [6.07, 6.45) is 1.57. The first-order chi connectivity index (χ1) is 19.3. The lowest BCUT2D eigenvalue weighted by molar-refractivity contribution is 0.0625. The average Bonchev–Trinajstić information content (AvgIpc) is 2.96. The van der Waals surface area contributed by atoms with Crippen LogP contribution in [0.3, 0.4) is 0 Å². The number of sulfone groups is 1. The zero-order valence-corrected chi connectivity index (χ0v) is 23.2. The Balaban J connectivity index is 1.26. The van der Waals surface area contributed by atoms with Gasteiger partial charge in [0.1, 0.15) is 5.75 Å². The summed E-state index contributed by atoms with van der Waals surface area (Å²) in [6, 6.07) is 18.5. The van der Waals surface area contributed by atoms with Crippen LogP contribution in [0.5, 0.6) is 11.5 Å². The monoisotopic (exact) mass is 563 g/mol. The summed E-state index contributed by atoms with van der Waals surface area (Å²) < 4.78 is 51.2. The molecule has 8 nitrogen and oxygen atoms in total. The van der Waals surface area contributed by atoms with Gasteiger partial charge in [0.25, 0.3) is 5.91 Å². The third-order valence-corrected chi connectivity index (χ3v) is 8.78. The summed E-state index contributed by atoms with van der Waals surface area (Å²) in [4.78, 5) is 21.7. The summed E-state index contributed by atoms with van der Waals surface area (Å²) in [6.45, 7) is 2.85. The number of fused-ring (bicyclic) bond motifs is 1. The Morgan fingerprint density at radius 2 is 1.62 bits per heavy atom. The van der Waals surface area contributed by atoms with Crippen molar-refractivity contribution in [3.8, 4) is 11.5 Å². The molecule has 208 valence electrons. The van der Waals surface area contributed by atoms with Gasteiger partial charge in [0, 0.05) is 44.3 Å². The van der Waals surface area contributed by atoms with Gasteiger partial charge in [-0.3, -0.25) is 14.7 Å². The first kappa shape index (κ1) is 27.5. The number of carbonyl (C=O) groups excluding carboxylic acids is 1. The van der Waals surface area contributed by atoms with Gasteiger partial charge in [0.2, 0.25) is 0 Å². The molecule has 1 aromatic heterocycles. The SMILES string of the molecule is COc1ccc(CN2CCN(C(=O)c3ccc(CS(=O)(=O)c4cccc5cccnc45)cc3OC)CC2)cc1F. The molecule has 5 rings (SSSR count). The fraction of sp³-hybridized carbons (Fsp3) is 0.267. The van der Waals surface area contributed by atoms with E-state index in [1.54, 1.807) is 53.6 Å². The highest BCUT2D eigenvalue weighted by molar-refractivity contribution is 7.90. The second kappa shape index (κ2) is 11.6. The van der Waals surface area contributed by atoms with Crippen molar-refractivity contribution in [2.45, 2.75) is 17.2 Å². The lowest BCUT2D eigenvalue weighted by atomic mass is 10.1. The zero-order valence-electron chi connectivity index (χ0n) is 22.3. The number of aromatic nitrogens is 1. The molecule has 0 bridgehead atoms.